The van der Waals surface area contributed by atoms with Gasteiger partial charge in [-0.1, -0.05) is 50.7 Å². The summed E-state index contributed by atoms with van der Waals surface area (Å²) in [6.45, 7) is 6.06. The molecule has 0 radical (unpaired) electrons. The lowest BCUT2D eigenvalue weighted by atomic mass is 9.96. The maximum absolute atomic E-state index is 13.5. The molecule has 1 heterocycles. The van der Waals surface area contributed by atoms with Crippen LogP contribution in [0.15, 0.2) is 29.4 Å². The summed E-state index contributed by atoms with van der Waals surface area (Å²) < 4.78 is 15.0. The minimum Gasteiger partial charge on any atom is -0.336 e. The molecule has 2 aromatic rings. The molecule has 102 valence electrons. The van der Waals surface area contributed by atoms with Crippen LogP contribution in [-0.2, 0) is 11.2 Å². The zero-order valence-electron chi connectivity index (χ0n) is 11.2. The molecule has 4 nitrogen and oxygen atoms in total. The average Bonchev–Trinajstić information content (AvgIpc) is 2.69. The summed E-state index contributed by atoms with van der Waals surface area (Å²) in [6, 6.07) is 6.69. The molecule has 0 saturated heterocycles. The van der Waals surface area contributed by atoms with E-state index in [9.17, 15) is 4.39 Å². The number of hydrogen-bond acceptors (Lipinski definition) is 4. The van der Waals surface area contributed by atoms with Crippen molar-refractivity contribution >= 4 is 11.8 Å². The van der Waals surface area contributed by atoms with Crippen molar-refractivity contribution in [3.63, 3.8) is 0 Å². The van der Waals surface area contributed by atoms with E-state index in [4.69, 9.17) is 5.84 Å². The molecule has 1 aromatic heterocycles. The van der Waals surface area contributed by atoms with E-state index in [1.165, 1.54) is 22.5 Å². The highest BCUT2D eigenvalue weighted by molar-refractivity contribution is 7.98. The number of hydrogen-bond donors (Lipinski definition) is 1. The van der Waals surface area contributed by atoms with Gasteiger partial charge in [-0.3, -0.25) is 0 Å². The van der Waals surface area contributed by atoms with Crippen LogP contribution in [0.3, 0.4) is 0 Å². The SMILES string of the molecule is CC(C)(C)c1nnc(SCc2ccccc2F)n1N. The lowest BCUT2D eigenvalue weighted by Crippen LogP contribution is -2.24. The lowest BCUT2D eigenvalue weighted by Gasteiger charge is -2.16. The molecule has 0 aliphatic carbocycles. The Labute approximate surface area is 116 Å². The predicted molar refractivity (Wildman–Crippen MR) is 74.8 cm³/mol. The van der Waals surface area contributed by atoms with Gasteiger partial charge in [0, 0.05) is 11.2 Å². The van der Waals surface area contributed by atoms with Crippen LogP contribution in [0.4, 0.5) is 4.39 Å². The van der Waals surface area contributed by atoms with Crippen molar-refractivity contribution in [3.8, 4) is 0 Å². The van der Waals surface area contributed by atoms with Crippen LogP contribution in [0, 0.1) is 5.82 Å². The first-order valence-corrected chi connectivity index (χ1v) is 6.95. The molecule has 0 saturated carbocycles. The van der Waals surface area contributed by atoms with E-state index in [-0.39, 0.29) is 11.2 Å². The number of thioether (sulfide) groups is 1. The molecule has 0 bridgehead atoms. The van der Waals surface area contributed by atoms with Crippen molar-refractivity contribution in [1.82, 2.24) is 14.9 Å². The summed E-state index contributed by atoms with van der Waals surface area (Å²) in [6.07, 6.45) is 0. The number of nitrogens with two attached hydrogens (primary N) is 1. The van der Waals surface area contributed by atoms with Crippen LogP contribution in [0.2, 0.25) is 0 Å². The standard InChI is InChI=1S/C13H17FN4S/c1-13(2,3)11-16-17-12(18(11)15)19-8-9-6-4-5-7-10(9)14/h4-7H,8,15H2,1-3H3. The van der Waals surface area contributed by atoms with E-state index in [2.05, 4.69) is 10.2 Å². The Hall–Kier alpha value is -1.56. The number of benzene rings is 1. The minimum atomic E-state index is -0.214. The Morgan fingerprint density at radius 2 is 1.95 bits per heavy atom. The Balaban J connectivity index is 2.13. The quantitative estimate of drug-likeness (QED) is 0.694. The minimum absolute atomic E-state index is 0.168. The Kier molecular flexibility index (Phi) is 3.80. The lowest BCUT2D eigenvalue weighted by molar-refractivity contribution is 0.523. The number of aromatic nitrogens is 3. The molecule has 0 aliphatic heterocycles. The highest BCUT2D eigenvalue weighted by Crippen LogP contribution is 2.25. The molecular weight excluding hydrogens is 263 g/mol. The molecule has 6 heteroatoms. The van der Waals surface area contributed by atoms with Crippen LogP contribution in [0.5, 0.6) is 0 Å². The van der Waals surface area contributed by atoms with Crippen molar-refractivity contribution in [3.05, 3.63) is 41.5 Å². The summed E-state index contributed by atoms with van der Waals surface area (Å²) in [5.41, 5.74) is 0.464. The summed E-state index contributed by atoms with van der Waals surface area (Å²) in [5.74, 6) is 6.94. The normalized spacial score (nSPS) is 11.8. The third-order valence-electron chi connectivity index (χ3n) is 2.65. The van der Waals surface area contributed by atoms with E-state index in [0.717, 1.165) is 0 Å². The second-order valence-electron chi connectivity index (χ2n) is 5.31. The highest BCUT2D eigenvalue weighted by atomic mass is 32.2. The van der Waals surface area contributed by atoms with Crippen LogP contribution in [-0.4, -0.2) is 14.9 Å². The van der Waals surface area contributed by atoms with E-state index in [0.29, 0.717) is 22.3 Å². The molecule has 0 unspecified atom stereocenters. The van der Waals surface area contributed by atoms with Crippen LogP contribution in [0.1, 0.15) is 32.2 Å². The Morgan fingerprint density at radius 1 is 1.26 bits per heavy atom. The smallest absolute Gasteiger partial charge is 0.210 e. The van der Waals surface area contributed by atoms with Gasteiger partial charge in [-0.05, 0) is 11.6 Å². The maximum atomic E-state index is 13.5. The van der Waals surface area contributed by atoms with Crippen LogP contribution in [0.25, 0.3) is 0 Å². The van der Waals surface area contributed by atoms with Crippen molar-refractivity contribution in [2.45, 2.75) is 37.1 Å². The Morgan fingerprint density at radius 3 is 2.53 bits per heavy atom. The molecule has 0 spiro atoms. The Bertz CT molecular complexity index is 574. The first-order chi connectivity index (χ1) is 8.89. The van der Waals surface area contributed by atoms with Gasteiger partial charge in [-0.15, -0.1) is 10.2 Å². The van der Waals surface area contributed by atoms with Crippen molar-refractivity contribution in [2.75, 3.05) is 5.84 Å². The molecule has 0 atom stereocenters. The summed E-state index contributed by atoms with van der Waals surface area (Å²) >= 11 is 1.38. The maximum Gasteiger partial charge on any atom is 0.210 e. The zero-order valence-corrected chi connectivity index (χ0v) is 12.0. The molecule has 0 aliphatic rings. The van der Waals surface area contributed by atoms with Gasteiger partial charge in [0.05, 0.1) is 0 Å². The number of nitrogen functional groups attached to an aromatic ring is 1. The fourth-order valence-electron chi connectivity index (χ4n) is 1.64. The first-order valence-electron chi connectivity index (χ1n) is 5.97. The van der Waals surface area contributed by atoms with Gasteiger partial charge in [0.15, 0.2) is 5.82 Å². The predicted octanol–water partition coefficient (Wildman–Crippen LogP) is 2.72. The first kappa shape index (κ1) is 13.9. The molecule has 0 amide bonds. The largest absolute Gasteiger partial charge is 0.336 e. The van der Waals surface area contributed by atoms with E-state index in [1.807, 2.05) is 26.8 Å². The van der Waals surface area contributed by atoms with Gasteiger partial charge in [0.1, 0.15) is 5.82 Å². The zero-order chi connectivity index (χ0) is 14.0. The van der Waals surface area contributed by atoms with Gasteiger partial charge in [-0.25, -0.2) is 9.07 Å². The number of halogens is 1. The molecule has 2 rings (SSSR count). The van der Waals surface area contributed by atoms with E-state index >= 15 is 0 Å². The number of nitrogens with zero attached hydrogens (tertiary/aromatic N) is 3. The van der Waals surface area contributed by atoms with Crippen molar-refractivity contribution in [2.24, 2.45) is 0 Å². The van der Waals surface area contributed by atoms with Crippen molar-refractivity contribution in [1.29, 1.82) is 0 Å². The third kappa shape index (κ3) is 3.07. The number of rotatable bonds is 3. The van der Waals surface area contributed by atoms with Gasteiger partial charge in [-0.2, -0.15) is 0 Å². The highest BCUT2D eigenvalue weighted by Gasteiger charge is 2.23. The van der Waals surface area contributed by atoms with Gasteiger partial charge in [0.25, 0.3) is 0 Å². The van der Waals surface area contributed by atoms with Crippen LogP contribution >= 0.6 is 11.8 Å². The van der Waals surface area contributed by atoms with E-state index < -0.39 is 0 Å². The topological polar surface area (TPSA) is 56.7 Å². The second kappa shape index (κ2) is 5.21. The van der Waals surface area contributed by atoms with Crippen LogP contribution < -0.4 is 5.84 Å². The molecule has 2 N–H and O–H groups in total. The molecule has 19 heavy (non-hydrogen) atoms. The van der Waals surface area contributed by atoms with Gasteiger partial charge >= 0.3 is 0 Å². The molecule has 0 fully saturated rings. The fourth-order valence-corrected chi connectivity index (χ4v) is 2.49. The van der Waals surface area contributed by atoms with Gasteiger partial charge < -0.3 is 5.84 Å². The van der Waals surface area contributed by atoms with Gasteiger partial charge in [0.2, 0.25) is 5.16 Å². The average molecular weight is 280 g/mol. The van der Waals surface area contributed by atoms with E-state index in [1.54, 1.807) is 12.1 Å². The van der Waals surface area contributed by atoms with Crippen molar-refractivity contribution < 1.29 is 4.39 Å². The molecular formula is C13H17FN4S. The summed E-state index contributed by atoms with van der Waals surface area (Å²) in [5, 5.41) is 8.74. The summed E-state index contributed by atoms with van der Waals surface area (Å²) in [7, 11) is 0. The monoisotopic (exact) mass is 280 g/mol. The summed E-state index contributed by atoms with van der Waals surface area (Å²) in [4.78, 5) is 0. The molecule has 1 aromatic carbocycles. The second-order valence-corrected chi connectivity index (χ2v) is 6.25. The third-order valence-corrected chi connectivity index (χ3v) is 3.64. The fraction of sp³-hybridized carbons (Fsp3) is 0.385.